The van der Waals surface area contributed by atoms with Gasteiger partial charge in [-0.05, 0) is 53.6 Å². The number of aromatic nitrogens is 1. The molecule has 0 saturated carbocycles. The minimum absolute atomic E-state index is 0.0634. The number of aliphatic hydroxyl groups excluding tert-OH is 1. The highest BCUT2D eigenvalue weighted by atomic mass is 35.5. The van der Waals surface area contributed by atoms with Crippen molar-refractivity contribution in [2.24, 2.45) is 0 Å². The number of hydrogen-bond acceptors (Lipinski definition) is 6. The SMILES string of the molecule is CCCc1c(OCCCSc2ccc(CC(O)O)cc2Cl)ccc2c(CC(C)(C)c3ccccc3)noc12. The Morgan fingerprint density at radius 2 is 1.87 bits per heavy atom. The lowest BCUT2D eigenvalue weighted by atomic mass is 9.80. The third kappa shape index (κ3) is 7.11. The minimum atomic E-state index is -1.37. The molecule has 0 spiro atoms. The molecule has 0 unspecified atom stereocenters. The van der Waals surface area contributed by atoms with Gasteiger partial charge in [-0.1, -0.05) is 80.3 Å². The zero-order valence-electron chi connectivity index (χ0n) is 22.2. The summed E-state index contributed by atoms with van der Waals surface area (Å²) in [5.41, 5.74) is 4.91. The van der Waals surface area contributed by atoms with Crippen LogP contribution in [-0.4, -0.2) is 34.0 Å². The summed E-state index contributed by atoms with van der Waals surface area (Å²) in [6.07, 6.45) is 2.29. The Hall–Kier alpha value is -2.51. The fraction of sp³-hybridized carbons (Fsp3) is 0.387. The highest BCUT2D eigenvalue weighted by molar-refractivity contribution is 7.99. The smallest absolute Gasteiger partial charge is 0.174 e. The maximum absolute atomic E-state index is 9.14. The molecule has 0 fully saturated rings. The van der Waals surface area contributed by atoms with E-state index in [9.17, 15) is 0 Å². The zero-order chi connectivity index (χ0) is 27.1. The molecule has 0 amide bonds. The first-order chi connectivity index (χ1) is 18.3. The van der Waals surface area contributed by atoms with Gasteiger partial charge in [0.25, 0.3) is 0 Å². The van der Waals surface area contributed by atoms with Crippen LogP contribution in [0.5, 0.6) is 5.75 Å². The van der Waals surface area contributed by atoms with E-state index >= 15 is 0 Å². The van der Waals surface area contributed by atoms with Crippen LogP contribution in [0.3, 0.4) is 0 Å². The zero-order valence-corrected chi connectivity index (χ0v) is 23.8. The molecule has 7 heteroatoms. The van der Waals surface area contributed by atoms with Crippen molar-refractivity contribution >= 4 is 34.3 Å². The number of nitrogens with zero attached hydrogens (tertiary/aromatic N) is 1. The summed E-state index contributed by atoms with van der Waals surface area (Å²) < 4.78 is 12.1. The molecule has 202 valence electrons. The fourth-order valence-corrected chi connectivity index (χ4v) is 5.88. The number of ether oxygens (including phenoxy) is 1. The van der Waals surface area contributed by atoms with Crippen molar-refractivity contribution in [1.82, 2.24) is 5.16 Å². The van der Waals surface area contributed by atoms with E-state index in [0.717, 1.165) is 69.9 Å². The Bertz CT molecular complexity index is 1340. The van der Waals surface area contributed by atoms with Crippen LogP contribution in [0.1, 0.15) is 56.0 Å². The van der Waals surface area contributed by atoms with Gasteiger partial charge in [0.05, 0.1) is 17.3 Å². The standard InChI is InChI=1S/C31H36ClNO4S/c1-4-9-24-27(36-16-8-17-38-28-15-12-21(18-25(28)32)19-29(34)35)14-13-23-26(33-37-30(23)24)20-31(2,3)22-10-6-5-7-11-22/h5-7,10-15,18,29,34-35H,4,8-9,16-17,19-20H2,1-3H3. The third-order valence-corrected chi connectivity index (χ3v) is 8.24. The monoisotopic (exact) mass is 553 g/mol. The number of benzene rings is 3. The number of aliphatic hydroxyl groups is 2. The number of aryl methyl sites for hydroxylation is 1. The molecule has 0 aliphatic rings. The van der Waals surface area contributed by atoms with Gasteiger partial charge < -0.3 is 19.5 Å². The van der Waals surface area contributed by atoms with Gasteiger partial charge in [-0.2, -0.15) is 0 Å². The van der Waals surface area contributed by atoms with Crippen LogP contribution in [0.15, 0.2) is 70.1 Å². The molecule has 2 N–H and O–H groups in total. The van der Waals surface area contributed by atoms with Gasteiger partial charge in [0.2, 0.25) is 0 Å². The van der Waals surface area contributed by atoms with Gasteiger partial charge in [-0.3, -0.25) is 0 Å². The summed E-state index contributed by atoms with van der Waals surface area (Å²) in [5, 5.41) is 24.5. The summed E-state index contributed by atoms with van der Waals surface area (Å²) in [5.74, 6) is 1.72. The molecule has 0 aliphatic carbocycles. The van der Waals surface area contributed by atoms with Crippen LogP contribution in [0, 0.1) is 0 Å². The highest BCUT2D eigenvalue weighted by Gasteiger charge is 2.25. The quantitative estimate of drug-likeness (QED) is 0.102. The Morgan fingerprint density at radius 3 is 2.58 bits per heavy atom. The van der Waals surface area contributed by atoms with E-state index < -0.39 is 6.29 Å². The largest absolute Gasteiger partial charge is 0.493 e. The first-order valence-corrected chi connectivity index (χ1v) is 14.5. The van der Waals surface area contributed by atoms with Crippen molar-refractivity contribution in [2.75, 3.05) is 12.4 Å². The van der Waals surface area contributed by atoms with Gasteiger partial charge in [0, 0.05) is 34.4 Å². The molecular formula is C31H36ClNO4S. The maximum atomic E-state index is 9.14. The number of halogens is 1. The summed E-state index contributed by atoms with van der Waals surface area (Å²) >= 11 is 8.05. The van der Waals surface area contributed by atoms with E-state index in [2.05, 4.69) is 62.3 Å². The molecule has 4 rings (SSSR count). The molecule has 1 heterocycles. The first kappa shape index (κ1) is 28.5. The van der Waals surface area contributed by atoms with Crippen molar-refractivity contribution < 1.29 is 19.5 Å². The van der Waals surface area contributed by atoms with E-state index in [4.69, 9.17) is 31.1 Å². The topological polar surface area (TPSA) is 75.7 Å². The predicted molar refractivity (Wildman–Crippen MR) is 155 cm³/mol. The van der Waals surface area contributed by atoms with Crippen molar-refractivity contribution in [1.29, 1.82) is 0 Å². The van der Waals surface area contributed by atoms with E-state index in [0.29, 0.717) is 11.6 Å². The van der Waals surface area contributed by atoms with Crippen molar-refractivity contribution in [3.05, 3.63) is 88.1 Å². The Morgan fingerprint density at radius 1 is 1.08 bits per heavy atom. The van der Waals surface area contributed by atoms with Gasteiger partial charge in [-0.15, -0.1) is 11.8 Å². The second kappa shape index (κ2) is 13.0. The predicted octanol–water partition coefficient (Wildman–Crippen LogP) is 7.37. The second-order valence-corrected chi connectivity index (χ2v) is 11.8. The third-order valence-electron chi connectivity index (χ3n) is 6.66. The van der Waals surface area contributed by atoms with E-state index in [-0.39, 0.29) is 11.8 Å². The van der Waals surface area contributed by atoms with E-state index in [1.54, 1.807) is 17.8 Å². The molecule has 5 nitrogen and oxygen atoms in total. The molecular weight excluding hydrogens is 518 g/mol. The summed E-state index contributed by atoms with van der Waals surface area (Å²) in [4.78, 5) is 0.976. The van der Waals surface area contributed by atoms with Crippen molar-refractivity contribution in [2.45, 2.75) is 69.5 Å². The Balaban J connectivity index is 1.39. The van der Waals surface area contributed by atoms with Crippen LogP contribution >= 0.6 is 23.4 Å². The molecule has 0 aliphatic heterocycles. The molecule has 38 heavy (non-hydrogen) atoms. The van der Waals surface area contributed by atoms with Crippen LogP contribution in [-0.2, 0) is 24.7 Å². The lowest BCUT2D eigenvalue weighted by molar-refractivity contribution is -0.0381. The van der Waals surface area contributed by atoms with E-state index in [1.807, 2.05) is 18.2 Å². The average molecular weight is 554 g/mol. The summed E-state index contributed by atoms with van der Waals surface area (Å²) in [6.45, 7) is 7.23. The van der Waals surface area contributed by atoms with Crippen molar-refractivity contribution in [3.8, 4) is 5.75 Å². The van der Waals surface area contributed by atoms with Gasteiger partial charge in [0.1, 0.15) is 5.75 Å². The molecule has 4 aromatic rings. The van der Waals surface area contributed by atoms with Crippen LogP contribution in [0.4, 0.5) is 0 Å². The number of thioether (sulfide) groups is 1. The lowest BCUT2D eigenvalue weighted by Gasteiger charge is -2.24. The highest BCUT2D eigenvalue weighted by Crippen LogP contribution is 2.35. The molecule has 0 atom stereocenters. The van der Waals surface area contributed by atoms with Crippen LogP contribution < -0.4 is 4.74 Å². The molecule has 0 bridgehead atoms. The Labute approximate surface area is 234 Å². The normalized spacial score (nSPS) is 12.0. The maximum Gasteiger partial charge on any atom is 0.174 e. The Kier molecular flexibility index (Phi) is 9.77. The van der Waals surface area contributed by atoms with Gasteiger partial charge >= 0.3 is 0 Å². The van der Waals surface area contributed by atoms with Crippen molar-refractivity contribution in [3.63, 3.8) is 0 Å². The first-order valence-electron chi connectivity index (χ1n) is 13.1. The number of rotatable bonds is 13. The van der Waals surface area contributed by atoms with Crippen LogP contribution in [0.2, 0.25) is 5.02 Å². The molecule has 1 aromatic heterocycles. The van der Waals surface area contributed by atoms with E-state index in [1.165, 1.54) is 5.56 Å². The fourth-order valence-electron chi connectivity index (χ4n) is 4.67. The van der Waals surface area contributed by atoms with Gasteiger partial charge in [0.15, 0.2) is 11.9 Å². The van der Waals surface area contributed by atoms with Crippen LogP contribution in [0.25, 0.3) is 11.0 Å². The van der Waals surface area contributed by atoms with Gasteiger partial charge in [-0.25, -0.2) is 0 Å². The molecule has 0 radical (unpaired) electrons. The minimum Gasteiger partial charge on any atom is -0.493 e. The molecule has 3 aromatic carbocycles. The molecule has 0 saturated heterocycles. The number of hydrogen-bond donors (Lipinski definition) is 2. The number of fused-ring (bicyclic) bond motifs is 1. The lowest BCUT2D eigenvalue weighted by Crippen LogP contribution is -2.20. The summed E-state index contributed by atoms with van der Waals surface area (Å²) in [7, 11) is 0. The average Bonchev–Trinajstić information content (AvgIpc) is 3.28. The second-order valence-electron chi connectivity index (χ2n) is 10.2. The summed E-state index contributed by atoms with van der Waals surface area (Å²) in [6, 6.07) is 20.3.